The molecule has 92 valence electrons. The van der Waals surface area contributed by atoms with Crippen molar-refractivity contribution in [1.82, 2.24) is 4.90 Å². The first-order chi connectivity index (χ1) is 8.06. The SMILES string of the molecule is CC(C)N(CCC#N)Cc1occc1C(=O)O. The molecule has 0 saturated carbocycles. The number of nitriles is 1. The molecule has 0 amide bonds. The molecule has 0 spiro atoms. The highest BCUT2D eigenvalue weighted by atomic mass is 16.4. The van der Waals surface area contributed by atoms with Crippen LogP contribution in [-0.4, -0.2) is 28.6 Å². The normalized spacial score (nSPS) is 10.8. The van der Waals surface area contributed by atoms with Gasteiger partial charge in [0.2, 0.25) is 0 Å². The van der Waals surface area contributed by atoms with Crippen LogP contribution in [-0.2, 0) is 6.54 Å². The van der Waals surface area contributed by atoms with Gasteiger partial charge in [0, 0.05) is 19.0 Å². The number of furan rings is 1. The number of aromatic carboxylic acids is 1. The maximum Gasteiger partial charge on any atom is 0.339 e. The van der Waals surface area contributed by atoms with Gasteiger partial charge in [-0.05, 0) is 19.9 Å². The Bertz CT molecular complexity index is 418. The second-order valence-electron chi connectivity index (χ2n) is 4.03. The molecule has 0 bridgehead atoms. The third-order valence-electron chi connectivity index (χ3n) is 2.56. The monoisotopic (exact) mass is 236 g/mol. The molecular formula is C12H16N2O3. The van der Waals surface area contributed by atoms with Crippen LogP contribution in [0.5, 0.6) is 0 Å². The zero-order chi connectivity index (χ0) is 12.8. The fourth-order valence-electron chi connectivity index (χ4n) is 1.55. The fourth-order valence-corrected chi connectivity index (χ4v) is 1.55. The highest BCUT2D eigenvalue weighted by Gasteiger charge is 2.18. The summed E-state index contributed by atoms with van der Waals surface area (Å²) >= 11 is 0. The molecule has 5 nitrogen and oxygen atoms in total. The lowest BCUT2D eigenvalue weighted by Gasteiger charge is -2.24. The molecule has 0 unspecified atom stereocenters. The van der Waals surface area contributed by atoms with Crippen molar-refractivity contribution in [3.8, 4) is 6.07 Å². The largest absolute Gasteiger partial charge is 0.478 e. The van der Waals surface area contributed by atoms with Gasteiger partial charge in [-0.3, -0.25) is 4.90 Å². The van der Waals surface area contributed by atoms with Gasteiger partial charge in [0.25, 0.3) is 0 Å². The van der Waals surface area contributed by atoms with Crippen molar-refractivity contribution in [2.24, 2.45) is 0 Å². The number of hydrogen-bond acceptors (Lipinski definition) is 4. The van der Waals surface area contributed by atoms with Crippen molar-refractivity contribution in [3.63, 3.8) is 0 Å². The van der Waals surface area contributed by atoms with Gasteiger partial charge in [-0.2, -0.15) is 5.26 Å². The number of carboxylic acid groups (broad SMARTS) is 1. The molecule has 1 heterocycles. The van der Waals surface area contributed by atoms with Crippen LogP contribution in [0.1, 0.15) is 36.4 Å². The average Bonchev–Trinajstić information content (AvgIpc) is 2.71. The van der Waals surface area contributed by atoms with Crippen LogP contribution in [0.15, 0.2) is 16.7 Å². The fraction of sp³-hybridized carbons (Fsp3) is 0.500. The van der Waals surface area contributed by atoms with E-state index in [-0.39, 0.29) is 11.6 Å². The second-order valence-corrected chi connectivity index (χ2v) is 4.03. The highest BCUT2D eigenvalue weighted by molar-refractivity contribution is 5.88. The van der Waals surface area contributed by atoms with Crippen LogP contribution in [0.4, 0.5) is 0 Å². The second kappa shape index (κ2) is 6.06. The van der Waals surface area contributed by atoms with Crippen molar-refractivity contribution < 1.29 is 14.3 Å². The Morgan fingerprint density at radius 2 is 2.35 bits per heavy atom. The Hall–Kier alpha value is -1.80. The van der Waals surface area contributed by atoms with E-state index in [1.165, 1.54) is 12.3 Å². The average molecular weight is 236 g/mol. The quantitative estimate of drug-likeness (QED) is 0.818. The molecule has 1 aromatic rings. The maximum atomic E-state index is 10.9. The van der Waals surface area contributed by atoms with Gasteiger partial charge in [-0.15, -0.1) is 0 Å². The first kappa shape index (κ1) is 13.3. The van der Waals surface area contributed by atoms with Gasteiger partial charge < -0.3 is 9.52 Å². The van der Waals surface area contributed by atoms with Gasteiger partial charge in [-0.1, -0.05) is 0 Å². The van der Waals surface area contributed by atoms with Crippen LogP contribution in [0.3, 0.4) is 0 Å². The van der Waals surface area contributed by atoms with Gasteiger partial charge in [0.1, 0.15) is 11.3 Å². The summed E-state index contributed by atoms with van der Waals surface area (Å²) in [5.41, 5.74) is 0.188. The number of rotatable bonds is 6. The molecule has 0 atom stereocenters. The number of nitrogens with zero attached hydrogens (tertiary/aromatic N) is 2. The number of carboxylic acids is 1. The van der Waals surface area contributed by atoms with Crippen molar-refractivity contribution in [2.45, 2.75) is 32.9 Å². The molecule has 0 aliphatic heterocycles. The predicted octanol–water partition coefficient (Wildman–Crippen LogP) is 2.10. The van der Waals surface area contributed by atoms with E-state index >= 15 is 0 Å². The summed E-state index contributed by atoms with van der Waals surface area (Å²) in [6, 6.07) is 3.76. The van der Waals surface area contributed by atoms with E-state index in [0.29, 0.717) is 25.3 Å². The summed E-state index contributed by atoms with van der Waals surface area (Å²) in [5.74, 6) is -0.554. The van der Waals surface area contributed by atoms with Crippen molar-refractivity contribution >= 4 is 5.97 Å². The summed E-state index contributed by atoms with van der Waals surface area (Å²) in [6.07, 6.45) is 1.79. The molecule has 1 aromatic heterocycles. The number of carbonyl (C=O) groups is 1. The Morgan fingerprint density at radius 1 is 1.65 bits per heavy atom. The standard InChI is InChI=1S/C12H16N2O3/c1-9(2)14(6-3-5-13)8-11-10(12(15)16)4-7-17-11/h4,7,9H,3,6,8H2,1-2H3,(H,15,16). The van der Waals surface area contributed by atoms with Crippen molar-refractivity contribution in [3.05, 3.63) is 23.7 Å². The van der Waals surface area contributed by atoms with E-state index in [0.717, 1.165) is 0 Å². The molecule has 1 N–H and O–H groups in total. The lowest BCUT2D eigenvalue weighted by Crippen LogP contribution is -2.31. The van der Waals surface area contributed by atoms with Gasteiger partial charge in [0.15, 0.2) is 0 Å². The molecule has 0 aromatic carbocycles. The highest BCUT2D eigenvalue weighted by Crippen LogP contribution is 2.15. The Morgan fingerprint density at radius 3 is 2.88 bits per heavy atom. The Labute approximate surface area is 100 Å². The lowest BCUT2D eigenvalue weighted by atomic mass is 10.2. The maximum absolute atomic E-state index is 10.9. The number of hydrogen-bond donors (Lipinski definition) is 1. The third-order valence-corrected chi connectivity index (χ3v) is 2.56. The topological polar surface area (TPSA) is 77.5 Å². The van der Waals surface area contributed by atoms with Crippen LogP contribution >= 0.6 is 0 Å². The Kier molecular flexibility index (Phi) is 4.73. The minimum Gasteiger partial charge on any atom is -0.478 e. The minimum absolute atomic E-state index is 0.188. The summed E-state index contributed by atoms with van der Waals surface area (Å²) in [4.78, 5) is 12.9. The lowest BCUT2D eigenvalue weighted by molar-refractivity contribution is 0.0691. The van der Waals surface area contributed by atoms with Crippen LogP contribution in [0.25, 0.3) is 0 Å². The van der Waals surface area contributed by atoms with E-state index in [4.69, 9.17) is 14.8 Å². The molecule has 0 aliphatic carbocycles. The molecule has 5 heteroatoms. The van der Waals surface area contributed by atoms with Gasteiger partial charge in [0.05, 0.1) is 18.9 Å². The molecular weight excluding hydrogens is 220 g/mol. The van der Waals surface area contributed by atoms with Gasteiger partial charge in [-0.25, -0.2) is 4.79 Å². The van der Waals surface area contributed by atoms with Crippen molar-refractivity contribution in [1.29, 1.82) is 5.26 Å². The molecule has 0 saturated heterocycles. The predicted molar refractivity (Wildman–Crippen MR) is 61.4 cm³/mol. The van der Waals surface area contributed by atoms with Gasteiger partial charge >= 0.3 is 5.97 Å². The smallest absolute Gasteiger partial charge is 0.339 e. The van der Waals surface area contributed by atoms with E-state index in [1.807, 2.05) is 18.7 Å². The Balaban J connectivity index is 2.75. The van der Waals surface area contributed by atoms with Crippen molar-refractivity contribution in [2.75, 3.05) is 6.54 Å². The van der Waals surface area contributed by atoms with E-state index < -0.39 is 5.97 Å². The van der Waals surface area contributed by atoms with Crippen LogP contribution < -0.4 is 0 Å². The van der Waals surface area contributed by atoms with Crippen LogP contribution in [0.2, 0.25) is 0 Å². The molecule has 17 heavy (non-hydrogen) atoms. The molecule has 0 aliphatic rings. The first-order valence-electron chi connectivity index (χ1n) is 5.47. The molecule has 0 fully saturated rings. The summed E-state index contributed by atoms with van der Waals surface area (Å²) in [5, 5.41) is 17.5. The minimum atomic E-state index is -0.988. The molecule has 0 radical (unpaired) electrons. The van der Waals surface area contributed by atoms with E-state index in [2.05, 4.69) is 6.07 Å². The van der Waals surface area contributed by atoms with E-state index in [9.17, 15) is 4.79 Å². The third kappa shape index (κ3) is 3.61. The zero-order valence-corrected chi connectivity index (χ0v) is 10.0. The van der Waals surface area contributed by atoms with E-state index in [1.54, 1.807) is 0 Å². The first-order valence-corrected chi connectivity index (χ1v) is 5.47. The summed E-state index contributed by atoms with van der Waals surface area (Å²) in [6.45, 7) is 5.02. The summed E-state index contributed by atoms with van der Waals surface area (Å²) in [7, 11) is 0. The van der Waals surface area contributed by atoms with Crippen LogP contribution in [0, 0.1) is 11.3 Å². The molecule has 1 rings (SSSR count). The zero-order valence-electron chi connectivity index (χ0n) is 10.0. The summed E-state index contributed by atoms with van der Waals surface area (Å²) < 4.78 is 5.18.